The van der Waals surface area contributed by atoms with Crippen molar-refractivity contribution in [3.63, 3.8) is 0 Å². The first-order chi connectivity index (χ1) is 7.66. The number of hydrogen-bond acceptors (Lipinski definition) is 6. The summed E-state index contributed by atoms with van der Waals surface area (Å²) < 4.78 is 1.61. The summed E-state index contributed by atoms with van der Waals surface area (Å²) in [6.07, 6.45) is 4.55. The molecule has 0 aliphatic carbocycles. The number of hydrogen-bond donors (Lipinski definition) is 2. The molecule has 8 heteroatoms. The second kappa shape index (κ2) is 3.93. The summed E-state index contributed by atoms with van der Waals surface area (Å²) in [5.41, 5.74) is 5.81. The lowest BCUT2D eigenvalue weighted by atomic mass is 10.4. The van der Waals surface area contributed by atoms with Crippen LogP contribution in [0.3, 0.4) is 0 Å². The Morgan fingerprint density at radius 3 is 3.00 bits per heavy atom. The van der Waals surface area contributed by atoms with Gasteiger partial charge in [0.05, 0.1) is 11.9 Å². The van der Waals surface area contributed by atoms with Crippen LogP contribution in [0.2, 0.25) is 0 Å². The molecule has 16 heavy (non-hydrogen) atoms. The number of anilines is 2. The number of aromatic nitrogens is 5. The maximum atomic E-state index is 11.0. The Kier molecular flexibility index (Phi) is 2.46. The van der Waals surface area contributed by atoms with Crippen molar-refractivity contribution in [1.29, 1.82) is 0 Å². The monoisotopic (exact) mass is 219 g/mol. The topological polar surface area (TPSA) is 112 Å². The molecule has 1 amide bonds. The van der Waals surface area contributed by atoms with Gasteiger partial charge in [-0.15, -0.1) is 10.2 Å². The molecule has 0 saturated carbocycles. The lowest BCUT2D eigenvalue weighted by molar-refractivity contribution is 0.0995. The fourth-order valence-corrected chi connectivity index (χ4v) is 1.16. The number of primary amides is 1. The van der Waals surface area contributed by atoms with E-state index in [2.05, 4.69) is 25.6 Å². The largest absolute Gasteiger partial charge is 0.364 e. The molecule has 0 aliphatic rings. The first kappa shape index (κ1) is 10.0. The van der Waals surface area contributed by atoms with Crippen LogP contribution in [0.5, 0.6) is 0 Å². The highest BCUT2D eigenvalue weighted by Crippen LogP contribution is 2.14. The molecular formula is C8H9N7O. The number of rotatable bonds is 3. The van der Waals surface area contributed by atoms with Gasteiger partial charge in [0.15, 0.2) is 11.5 Å². The van der Waals surface area contributed by atoms with Crippen LogP contribution in [0.4, 0.5) is 11.5 Å². The lowest BCUT2D eigenvalue weighted by Crippen LogP contribution is -2.17. The average molecular weight is 219 g/mol. The number of aryl methyl sites for hydroxylation is 1. The second-order valence-corrected chi connectivity index (χ2v) is 3.05. The van der Waals surface area contributed by atoms with E-state index in [1.165, 1.54) is 6.33 Å². The number of carbonyl (C=O) groups excluding carboxylic acids is 1. The van der Waals surface area contributed by atoms with Crippen LogP contribution < -0.4 is 11.1 Å². The Bertz CT molecular complexity index is 521. The third-order valence-electron chi connectivity index (χ3n) is 1.82. The average Bonchev–Trinajstić information content (AvgIpc) is 2.64. The molecule has 2 heterocycles. The highest BCUT2D eigenvalue weighted by molar-refractivity contribution is 5.95. The lowest BCUT2D eigenvalue weighted by Gasteiger charge is -2.03. The molecular weight excluding hydrogens is 210 g/mol. The predicted octanol–water partition coefficient (Wildman–Crippen LogP) is -0.552. The molecule has 0 atom stereocenters. The summed E-state index contributed by atoms with van der Waals surface area (Å²) in [6.45, 7) is 0. The fourth-order valence-electron chi connectivity index (χ4n) is 1.16. The van der Waals surface area contributed by atoms with Crippen molar-refractivity contribution in [3.05, 3.63) is 24.4 Å². The molecule has 3 N–H and O–H groups in total. The molecule has 0 saturated heterocycles. The van der Waals surface area contributed by atoms with Crippen molar-refractivity contribution in [3.8, 4) is 0 Å². The van der Waals surface area contributed by atoms with Gasteiger partial charge in [-0.1, -0.05) is 0 Å². The molecule has 82 valence electrons. The third-order valence-corrected chi connectivity index (χ3v) is 1.82. The Morgan fingerprint density at radius 1 is 1.56 bits per heavy atom. The molecule has 0 aromatic carbocycles. The van der Waals surface area contributed by atoms with E-state index in [-0.39, 0.29) is 11.5 Å². The van der Waals surface area contributed by atoms with E-state index < -0.39 is 5.91 Å². The molecule has 0 spiro atoms. The van der Waals surface area contributed by atoms with Crippen molar-refractivity contribution in [2.45, 2.75) is 0 Å². The fraction of sp³-hybridized carbons (Fsp3) is 0.125. The van der Waals surface area contributed by atoms with Crippen LogP contribution in [0.15, 0.2) is 18.7 Å². The van der Waals surface area contributed by atoms with Gasteiger partial charge in [-0.25, -0.2) is 4.98 Å². The van der Waals surface area contributed by atoms with Gasteiger partial charge in [0.1, 0.15) is 6.33 Å². The van der Waals surface area contributed by atoms with Gasteiger partial charge in [-0.05, 0) is 0 Å². The molecule has 0 unspecified atom stereocenters. The number of nitrogens with zero attached hydrogens (tertiary/aromatic N) is 5. The molecule has 0 fully saturated rings. The Balaban J connectivity index is 2.31. The van der Waals surface area contributed by atoms with Crippen molar-refractivity contribution >= 4 is 17.4 Å². The summed E-state index contributed by atoms with van der Waals surface area (Å²) in [4.78, 5) is 14.9. The summed E-state index contributed by atoms with van der Waals surface area (Å²) >= 11 is 0. The van der Waals surface area contributed by atoms with Crippen LogP contribution in [0, 0.1) is 0 Å². The minimum absolute atomic E-state index is 0.00801. The van der Waals surface area contributed by atoms with Crippen LogP contribution in [-0.4, -0.2) is 30.9 Å². The van der Waals surface area contributed by atoms with Gasteiger partial charge in [-0.2, -0.15) is 5.10 Å². The van der Waals surface area contributed by atoms with Crippen molar-refractivity contribution < 1.29 is 4.79 Å². The number of carbonyl (C=O) groups is 1. The van der Waals surface area contributed by atoms with Gasteiger partial charge in [0.25, 0.3) is 5.91 Å². The minimum Gasteiger partial charge on any atom is -0.364 e. The van der Waals surface area contributed by atoms with E-state index in [9.17, 15) is 4.79 Å². The van der Waals surface area contributed by atoms with Crippen molar-refractivity contribution in [2.24, 2.45) is 12.8 Å². The Hall–Kier alpha value is -2.51. The number of amides is 1. The van der Waals surface area contributed by atoms with E-state index in [4.69, 9.17) is 5.73 Å². The van der Waals surface area contributed by atoms with Gasteiger partial charge < -0.3 is 11.1 Å². The smallest absolute Gasteiger partial charge is 0.273 e. The summed E-state index contributed by atoms with van der Waals surface area (Å²) in [7, 11) is 1.78. The van der Waals surface area contributed by atoms with E-state index in [0.717, 1.165) is 0 Å². The highest BCUT2D eigenvalue weighted by Gasteiger charge is 2.12. The van der Waals surface area contributed by atoms with E-state index >= 15 is 0 Å². The summed E-state index contributed by atoms with van der Waals surface area (Å²) in [5, 5.41) is 13.9. The molecule has 2 aromatic heterocycles. The highest BCUT2D eigenvalue weighted by atomic mass is 16.1. The molecule has 2 aromatic rings. The third kappa shape index (κ3) is 1.95. The summed E-state index contributed by atoms with van der Waals surface area (Å²) in [5.74, 6) is -0.428. The molecule has 0 aliphatic heterocycles. The summed E-state index contributed by atoms with van der Waals surface area (Å²) in [6, 6.07) is 0. The zero-order chi connectivity index (χ0) is 11.5. The molecule has 8 nitrogen and oxygen atoms in total. The maximum absolute atomic E-state index is 11.0. The zero-order valence-corrected chi connectivity index (χ0v) is 8.45. The number of nitrogens with two attached hydrogens (primary N) is 1. The van der Waals surface area contributed by atoms with Crippen molar-refractivity contribution in [1.82, 2.24) is 25.0 Å². The minimum atomic E-state index is -0.688. The normalized spacial score (nSPS) is 10.1. The predicted molar refractivity (Wildman–Crippen MR) is 54.8 cm³/mol. The first-order valence-corrected chi connectivity index (χ1v) is 4.40. The van der Waals surface area contributed by atoms with Gasteiger partial charge in [0, 0.05) is 13.2 Å². The van der Waals surface area contributed by atoms with Gasteiger partial charge in [0.2, 0.25) is 0 Å². The van der Waals surface area contributed by atoms with Crippen molar-refractivity contribution in [2.75, 3.05) is 5.32 Å². The van der Waals surface area contributed by atoms with Crippen LogP contribution in [0.1, 0.15) is 10.5 Å². The Labute approximate surface area is 90.5 Å². The molecule has 0 radical (unpaired) electrons. The van der Waals surface area contributed by atoms with Gasteiger partial charge in [-0.3, -0.25) is 9.48 Å². The zero-order valence-electron chi connectivity index (χ0n) is 8.45. The van der Waals surface area contributed by atoms with Crippen LogP contribution in [0.25, 0.3) is 0 Å². The van der Waals surface area contributed by atoms with E-state index in [1.54, 1.807) is 24.1 Å². The quantitative estimate of drug-likeness (QED) is 0.716. The first-order valence-electron chi connectivity index (χ1n) is 4.40. The maximum Gasteiger partial charge on any atom is 0.273 e. The Morgan fingerprint density at radius 2 is 2.38 bits per heavy atom. The standard InChI is InChI=1S/C8H9N7O/c1-15-3-5(2-12-15)13-8-6(7(9)16)14-11-4-10-8/h2-4H,1H3,(H2,9,16)(H,10,11,13). The van der Waals surface area contributed by atoms with E-state index in [0.29, 0.717) is 5.69 Å². The van der Waals surface area contributed by atoms with Gasteiger partial charge >= 0.3 is 0 Å². The van der Waals surface area contributed by atoms with E-state index in [1.807, 2.05) is 0 Å². The van der Waals surface area contributed by atoms with Crippen LogP contribution >= 0.6 is 0 Å². The second-order valence-electron chi connectivity index (χ2n) is 3.05. The van der Waals surface area contributed by atoms with Crippen LogP contribution in [-0.2, 0) is 7.05 Å². The molecule has 2 rings (SSSR count). The molecule has 0 bridgehead atoms. The number of nitrogens with one attached hydrogen (secondary N) is 1. The SMILES string of the molecule is Cn1cc(Nc2ncnnc2C(N)=O)cn1.